The zero-order valence-electron chi connectivity index (χ0n) is 12.4. The molecule has 0 aromatic heterocycles. The maximum Gasteiger partial charge on any atom is 0.146 e. The van der Waals surface area contributed by atoms with Crippen LogP contribution in [0.2, 0.25) is 0 Å². The molecule has 1 atom stereocenters. The molecular formula is C16H24FN3. The second-order valence-electron chi connectivity index (χ2n) is 6.60. The number of rotatable bonds is 2. The molecule has 2 aliphatic rings. The fourth-order valence-corrected chi connectivity index (χ4v) is 3.42. The SMILES string of the molecule is CC1(C)CC(N2CCN(c3ccccc3F)CC2)CN1. The van der Waals surface area contributed by atoms with E-state index in [1.807, 2.05) is 12.1 Å². The van der Waals surface area contributed by atoms with Gasteiger partial charge in [0.1, 0.15) is 5.82 Å². The van der Waals surface area contributed by atoms with Gasteiger partial charge in [0.25, 0.3) is 0 Å². The van der Waals surface area contributed by atoms with E-state index in [9.17, 15) is 4.39 Å². The Labute approximate surface area is 120 Å². The van der Waals surface area contributed by atoms with Gasteiger partial charge in [-0.2, -0.15) is 0 Å². The Kier molecular flexibility index (Phi) is 3.69. The highest BCUT2D eigenvalue weighted by Crippen LogP contribution is 2.25. The summed E-state index contributed by atoms with van der Waals surface area (Å²) in [5.74, 6) is -0.107. The van der Waals surface area contributed by atoms with Crippen molar-refractivity contribution in [3.05, 3.63) is 30.1 Å². The van der Waals surface area contributed by atoms with Crippen molar-refractivity contribution in [3.8, 4) is 0 Å². The molecule has 4 heteroatoms. The van der Waals surface area contributed by atoms with Gasteiger partial charge >= 0.3 is 0 Å². The van der Waals surface area contributed by atoms with Gasteiger partial charge in [0.2, 0.25) is 0 Å². The molecule has 0 saturated carbocycles. The number of nitrogens with one attached hydrogen (secondary N) is 1. The summed E-state index contributed by atoms with van der Waals surface area (Å²) in [5.41, 5.74) is 1.00. The van der Waals surface area contributed by atoms with Crippen LogP contribution in [0, 0.1) is 5.82 Å². The van der Waals surface area contributed by atoms with E-state index in [4.69, 9.17) is 0 Å². The van der Waals surface area contributed by atoms with Crippen LogP contribution in [0.5, 0.6) is 0 Å². The third kappa shape index (κ3) is 2.81. The monoisotopic (exact) mass is 277 g/mol. The summed E-state index contributed by atoms with van der Waals surface area (Å²) in [4.78, 5) is 4.72. The van der Waals surface area contributed by atoms with Crippen molar-refractivity contribution in [2.75, 3.05) is 37.6 Å². The number of piperazine rings is 1. The van der Waals surface area contributed by atoms with Crippen molar-refractivity contribution in [2.24, 2.45) is 0 Å². The number of anilines is 1. The lowest BCUT2D eigenvalue weighted by Crippen LogP contribution is -2.51. The van der Waals surface area contributed by atoms with Crippen molar-refractivity contribution in [1.82, 2.24) is 10.2 Å². The average molecular weight is 277 g/mol. The number of benzene rings is 1. The van der Waals surface area contributed by atoms with Crippen LogP contribution in [-0.2, 0) is 0 Å². The van der Waals surface area contributed by atoms with Gasteiger partial charge in [-0.25, -0.2) is 4.39 Å². The number of para-hydroxylation sites is 1. The maximum absolute atomic E-state index is 13.8. The van der Waals surface area contributed by atoms with Crippen LogP contribution in [0.25, 0.3) is 0 Å². The summed E-state index contributed by atoms with van der Waals surface area (Å²) in [7, 11) is 0. The fraction of sp³-hybridized carbons (Fsp3) is 0.625. The molecule has 0 bridgehead atoms. The predicted octanol–water partition coefficient (Wildman–Crippen LogP) is 2.09. The first kappa shape index (κ1) is 13.8. The molecule has 2 saturated heterocycles. The lowest BCUT2D eigenvalue weighted by Gasteiger charge is -2.39. The molecule has 0 spiro atoms. The van der Waals surface area contributed by atoms with Crippen molar-refractivity contribution < 1.29 is 4.39 Å². The van der Waals surface area contributed by atoms with E-state index in [-0.39, 0.29) is 11.4 Å². The van der Waals surface area contributed by atoms with Crippen LogP contribution >= 0.6 is 0 Å². The predicted molar refractivity (Wildman–Crippen MR) is 80.7 cm³/mol. The Morgan fingerprint density at radius 1 is 1.15 bits per heavy atom. The van der Waals surface area contributed by atoms with Gasteiger partial charge < -0.3 is 10.2 Å². The first-order valence-electron chi connectivity index (χ1n) is 7.54. The van der Waals surface area contributed by atoms with E-state index >= 15 is 0 Å². The molecule has 1 aromatic rings. The Morgan fingerprint density at radius 3 is 2.45 bits per heavy atom. The molecule has 0 radical (unpaired) electrons. The second kappa shape index (κ2) is 5.34. The van der Waals surface area contributed by atoms with Crippen LogP contribution in [0.4, 0.5) is 10.1 Å². The molecule has 1 aromatic carbocycles. The minimum Gasteiger partial charge on any atom is -0.367 e. The Morgan fingerprint density at radius 2 is 1.85 bits per heavy atom. The lowest BCUT2D eigenvalue weighted by molar-refractivity contribution is 0.190. The Hall–Kier alpha value is -1.13. The van der Waals surface area contributed by atoms with Gasteiger partial charge in [-0.1, -0.05) is 12.1 Å². The maximum atomic E-state index is 13.8. The minimum absolute atomic E-state index is 0.107. The van der Waals surface area contributed by atoms with E-state index in [2.05, 4.69) is 29.0 Å². The molecule has 3 nitrogen and oxygen atoms in total. The fourth-order valence-electron chi connectivity index (χ4n) is 3.42. The zero-order valence-corrected chi connectivity index (χ0v) is 12.4. The number of nitrogens with zero attached hydrogens (tertiary/aromatic N) is 2. The van der Waals surface area contributed by atoms with E-state index in [0.29, 0.717) is 6.04 Å². The third-order valence-electron chi connectivity index (χ3n) is 4.59. The van der Waals surface area contributed by atoms with Gasteiger partial charge in [0.15, 0.2) is 0 Å². The highest BCUT2D eigenvalue weighted by molar-refractivity contribution is 5.48. The molecule has 2 fully saturated rings. The van der Waals surface area contributed by atoms with Crippen molar-refractivity contribution >= 4 is 5.69 Å². The highest BCUT2D eigenvalue weighted by atomic mass is 19.1. The summed E-state index contributed by atoms with van der Waals surface area (Å²) < 4.78 is 13.8. The van der Waals surface area contributed by atoms with Gasteiger partial charge in [-0.15, -0.1) is 0 Å². The summed E-state index contributed by atoms with van der Waals surface area (Å²) >= 11 is 0. The molecule has 2 aliphatic heterocycles. The van der Waals surface area contributed by atoms with Crippen molar-refractivity contribution in [2.45, 2.75) is 31.8 Å². The second-order valence-corrected chi connectivity index (χ2v) is 6.60. The zero-order chi connectivity index (χ0) is 14.2. The van der Waals surface area contributed by atoms with Crippen LogP contribution in [0.1, 0.15) is 20.3 Å². The smallest absolute Gasteiger partial charge is 0.146 e. The van der Waals surface area contributed by atoms with Crippen LogP contribution in [0.15, 0.2) is 24.3 Å². The third-order valence-corrected chi connectivity index (χ3v) is 4.59. The highest BCUT2D eigenvalue weighted by Gasteiger charge is 2.35. The van der Waals surface area contributed by atoms with E-state index in [1.54, 1.807) is 12.1 Å². The van der Waals surface area contributed by atoms with Crippen LogP contribution in [0.3, 0.4) is 0 Å². The molecule has 1 N–H and O–H groups in total. The summed E-state index contributed by atoms with van der Waals surface area (Å²) in [6.07, 6.45) is 1.20. The number of hydrogen-bond donors (Lipinski definition) is 1. The standard InChI is InChI=1S/C16H24FN3/c1-16(2)11-13(12-18-16)19-7-9-20(10-8-19)15-6-4-3-5-14(15)17/h3-6,13,18H,7-12H2,1-2H3. The number of hydrogen-bond acceptors (Lipinski definition) is 3. The molecule has 1 unspecified atom stereocenters. The van der Waals surface area contributed by atoms with Gasteiger partial charge in [0, 0.05) is 44.3 Å². The van der Waals surface area contributed by atoms with Crippen molar-refractivity contribution in [1.29, 1.82) is 0 Å². The first-order chi connectivity index (χ1) is 9.55. The lowest BCUT2D eigenvalue weighted by atomic mass is 10.0. The van der Waals surface area contributed by atoms with Gasteiger partial charge in [0.05, 0.1) is 5.69 Å². The molecule has 0 aliphatic carbocycles. The van der Waals surface area contributed by atoms with Crippen LogP contribution in [-0.4, -0.2) is 49.2 Å². The Bertz CT molecular complexity index is 467. The normalized spacial score (nSPS) is 26.9. The van der Waals surface area contributed by atoms with E-state index in [0.717, 1.165) is 38.4 Å². The van der Waals surface area contributed by atoms with Crippen LogP contribution < -0.4 is 10.2 Å². The molecule has 110 valence electrons. The van der Waals surface area contributed by atoms with Gasteiger partial charge in [-0.3, -0.25) is 4.90 Å². The van der Waals surface area contributed by atoms with Crippen molar-refractivity contribution in [3.63, 3.8) is 0 Å². The molecule has 3 rings (SSSR count). The summed E-state index contributed by atoms with van der Waals surface area (Å²) in [5, 5.41) is 3.58. The molecular weight excluding hydrogens is 253 g/mol. The Balaban J connectivity index is 1.59. The summed E-state index contributed by atoms with van der Waals surface area (Å²) in [6, 6.07) is 7.72. The largest absolute Gasteiger partial charge is 0.367 e. The number of halogens is 1. The minimum atomic E-state index is -0.107. The average Bonchev–Trinajstić information content (AvgIpc) is 2.80. The quantitative estimate of drug-likeness (QED) is 0.893. The topological polar surface area (TPSA) is 18.5 Å². The van der Waals surface area contributed by atoms with E-state index < -0.39 is 0 Å². The molecule has 0 amide bonds. The summed E-state index contributed by atoms with van der Waals surface area (Å²) in [6.45, 7) is 9.49. The van der Waals surface area contributed by atoms with Gasteiger partial charge in [-0.05, 0) is 32.4 Å². The first-order valence-corrected chi connectivity index (χ1v) is 7.54. The molecule has 2 heterocycles. The molecule has 20 heavy (non-hydrogen) atoms. The van der Waals surface area contributed by atoms with E-state index in [1.165, 1.54) is 6.42 Å².